The third-order valence-electron chi connectivity index (χ3n) is 5.02. The fraction of sp³-hybridized carbons (Fsp3) is 0.250. The monoisotopic (exact) mass is 480 g/mol. The maximum atomic E-state index is 10.3. The Hall–Kier alpha value is -2.74. The summed E-state index contributed by atoms with van der Waals surface area (Å²) in [4.78, 5) is 14.3. The number of pyridine rings is 1. The number of aromatic nitrogens is 3. The molecule has 31 heavy (non-hydrogen) atoms. The van der Waals surface area contributed by atoms with Gasteiger partial charge in [0, 0.05) is 29.3 Å². The van der Waals surface area contributed by atoms with Crippen LogP contribution in [0.4, 0.5) is 0 Å². The van der Waals surface area contributed by atoms with Gasteiger partial charge in [0.2, 0.25) is 0 Å². The molecular weight excluding hydrogens is 456 g/mol. The molecule has 2 aromatic carbocycles. The van der Waals surface area contributed by atoms with Crippen LogP contribution in [0.25, 0.3) is 22.6 Å². The number of nitrogens with zero attached hydrogens (tertiary/aromatic N) is 3. The number of fused-ring (bicyclic) bond motifs is 1. The average molecular weight is 481 g/mol. The van der Waals surface area contributed by atoms with Crippen molar-refractivity contribution in [2.24, 2.45) is 0 Å². The first-order valence-electron chi connectivity index (χ1n) is 10.2. The Labute approximate surface area is 190 Å². The molecule has 0 fully saturated rings. The number of H-pyrrole nitrogens is 1. The fourth-order valence-electron chi connectivity index (χ4n) is 3.38. The molecule has 0 radical (unpaired) electrons. The van der Waals surface area contributed by atoms with Crippen LogP contribution in [-0.2, 0) is 6.42 Å². The Morgan fingerprint density at radius 1 is 1.13 bits per heavy atom. The second-order valence-electron chi connectivity index (χ2n) is 7.59. The van der Waals surface area contributed by atoms with E-state index in [2.05, 4.69) is 47.9 Å². The second-order valence-corrected chi connectivity index (χ2v) is 8.51. The lowest BCUT2D eigenvalue weighted by Gasteiger charge is -2.20. The predicted octanol–water partition coefficient (Wildman–Crippen LogP) is 4.30. The number of halogens is 1. The molecule has 1 atom stereocenters. The van der Waals surface area contributed by atoms with Crippen molar-refractivity contribution in [1.82, 2.24) is 19.9 Å². The number of aliphatic hydroxyl groups is 1. The van der Waals surface area contributed by atoms with Crippen molar-refractivity contribution < 1.29 is 9.84 Å². The standard InChI is InChI=1S/C24H25BrN4O2/c1-29(12-11-17-5-3-2-4-6-17)15-20(30)16-31-21-9-7-18(8-10-21)23-27-22-13-19(25)14-26-24(22)28-23/h2-10,13-14,20,30H,11-12,15-16H2,1H3,(H,26,27,28). The van der Waals surface area contributed by atoms with Crippen LogP contribution in [-0.4, -0.2) is 57.8 Å². The lowest BCUT2D eigenvalue weighted by molar-refractivity contribution is 0.0767. The van der Waals surface area contributed by atoms with Crippen LogP contribution in [0, 0.1) is 0 Å². The number of benzene rings is 2. The molecule has 0 aliphatic heterocycles. The van der Waals surface area contributed by atoms with Crippen molar-refractivity contribution in [2.45, 2.75) is 12.5 Å². The molecule has 1 unspecified atom stereocenters. The van der Waals surface area contributed by atoms with E-state index in [0.29, 0.717) is 12.3 Å². The van der Waals surface area contributed by atoms with Crippen LogP contribution >= 0.6 is 15.9 Å². The first kappa shape index (κ1) is 21.5. The van der Waals surface area contributed by atoms with Crippen molar-refractivity contribution in [1.29, 1.82) is 0 Å². The van der Waals surface area contributed by atoms with E-state index in [9.17, 15) is 5.11 Å². The van der Waals surface area contributed by atoms with Gasteiger partial charge in [-0.2, -0.15) is 0 Å². The Kier molecular flexibility index (Phi) is 6.96. The van der Waals surface area contributed by atoms with Gasteiger partial charge in [-0.25, -0.2) is 9.97 Å². The SMILES string of the molecule is CN(CCc1ccccc1)CC(O)COc1ccc(-c2nc3cc(Br)cnc3[nH]2)cc1. The number of aliphatic hydroxyl groups excluding tert-OH is 1. The highest BCUT2D eigenvalue weighted by atomic mass is 79.9. The van der Waals surface area contributed by atoms with Crippen LogP contribution < -0.4 is 4.74 Å². The highest BCUT2D eigenvalue weighted by molar-refractivity contribution is 9.10. The first-order chi connectivity index (χ1) is 15.1. The summed E-state index contributed by atoms with van der Waals surface area (Å²) in [6.07, 6.45) is 2.15. The van der Waals surface area contributed by atoms with E-state index in [1.54, 1.807) is 6.20 Å². The second kappa shape index (κ2) is 10.0. The van der Waals surface area contributed by atoms with Crippen LogP contribution in [0.1, 0.15) is 5.56 Å². The van der Waals surface area contributed by atoms with Crippen molar-refractivity contribution in [3.63, 3.8) is 0 Å². The zero-order valence-electron chi connectivity index (χ0n) is 17.3. The molecule has 0 aliphatic carbocycles. The number of hydrogen-bond acceptors (Lipinski definition) is 5. The van der Waals surface area contributed by atoms with Gasteiger partial charge in [0.1, 0.15) is 29.8 Å². The van der Waals surface area contributed by atoms with Gasteiger partial charge in [0.25, 0.3) is 0 Å². The van der Waals surface area contributed by atoms with Crippen molar-refractivity contribution in [3.05, 3.63) is 76.9 Å². The topological polar surface area (TPSA) is 74.3 Å². The third-order valence-corrected chi connectivity index (χ3v) is 5.45. The molecule has 160 valence electrons. The molecule has 2 heterocycles. The average Bonchev–Trinajstić information content (AvgIpc) is 3.20. The number of rotatable bonds is 9. The van der Waals surface area contributed by atoms with Gasteiger partial charge in [-0.05, 0) is 65.3 Å². The van der Waals surface area contributed by atoms with E-state index in [-0.39, 0.29) is 6.61 Å². The maximum absolute atomic E-state index is 10.3. The molecule has 0 bridgehead atoms. The molecule has 0 spiro atoms. The number of likely N-dealkylation sites (N-methyl/N-ethyl adjacent to an activating group) is 1. The van der Waals surface area contributed by atoms with Crippen LogP contribution in [0.15, 0.2) is 71.3 Å². The molecule has 0 saturated carbocycles. The maximum Gasteiger partial charge on any atom is 0.157 e. The highest BCUT2D eigenvalue weighted by Gasteiger charge is 2.11. The quantitative estimate of drug-likeness (QED) is 0.373. The van der Waals surface area contributed by atoms with Crippen molar-refractivity contribution >= 4 is 27.1 Å². The lowest BCUT2D eigenvalue weighted by Crippen LogP contribution is -2.34. The van der Waals surface area contributed by atoms with E-state index < -0.39 is 6.10 Å². The number of aromatic amines is 1. The Balaban J connectivity index is 1.26. The molecule has 4 rings (SSSR count). The van der Waals surface area contributed by atoms with Gasteiger partial charge in [0.05, 0.1) is 0 Å². The van der Waals surface area contributed by atoms with Gasteiger partial charge < -0.3 is 19.7 Å². The van der Waals surface area contributed by atoms with E-state index in [0.717, 1.165) is 40.0 Å². The Bertz CT molecular complexity index is 1120. The van der Waals surface area contributed by atoms with E-state index in [1.165, 1.54) is 5.56 Å². The molecule has 2 N–H and O–H groups in total. The minimum absolute atomic E-state index is 0.248. The number of hydrogen-bond donors (Lipinski definition) is 2. The summed E-state index contributed by atoms with van der Waals surface area (Å²) in [5, 5.41) is 10.3. The molecule has 0 aliphatic rings. The van der Waals surface area contributed by atoms with Crippen molar-refractivity contribution in [2.75, 3.05) is 26.7 Å². The van der Waals surface area contributed by atoms with E-state index in [4.69, 9.17) is 4.74 Å². The van der Waals surface area contributed by atoms with Crippen molar-refractivity contribution in [3.8, 4) is 17.1 Å². The summed E-state index contributed by atoms with van der Waals surface area (Å²) >= 11 is 3.41. The number of imidazole rings is 1. The Morgan fingerprint density at radius 3 is 2.68 bits per heavy atom. The normalized spacial score (nSPS) is 12.4. The van der Waals surface area contributed by atoms with Crippen LogP contribution in [0.3, 0.4) is 0 Å². The molecule has 6 nitrogen and oxygen atoms in total. The van der Waals surface area contributed by atoms with Gasteiger partial charge in [0.15, 0.2) is 5.65 Å². The summed E-state index contributed by atoms with van der Waals surface area (Å²) in [6.45, 7) is 1.70. The van der Waals surface area contributed by atoms with Gasteiger partial charge in [-0.3, -0.25) is 0 Å². The van der Waals surface area contributed by atoms with Gasteiger partial charge in [-0.1, -0.05) is 30.3 Å². The molecule has 0 amide bonds. The summed E-state index contributed by atoms with van der Waals surface area (Å²) in [7, 11) is 2.02. The van der Waals surface area contributed by atoms with Crippen LogP contribution in [0.5, 0.6) is 5.75 Å². The minimum atomic E-state index is -0.555. The number of ether oxygens (including phenoxy) is 1. The highest BCUT2D eigenvalue weighted by Crippen LogP contribution is 2.23. The van der Waals surface area contributed by atoms with E-state index in [1.807, 2.05) is 55.6 Å². The predicted molar refractivity (Wildman–Crippen MR) is 126 cm³/mol. The molecular formula is C24H25BrN4O2. The third kappa shape index (κ3) is 5.91. The van der Waals surface area contributed by atoms with E-state index >= 15 is 0 Å². The molecule has 2 aromatic heterocycles. The van der Waals surface area contributed by atoms with Crippen LogP contribution in [0.2, 0.25) is 0 Å². The summed E-state index contributed by atoms with van der Waals surface area (Å²) in [5.41, 5.74) is 3.80. The summed E-state index contributed by atoms with van der Waals surface area (Å²) in [6, 6.07) is 20.0. The molecule has 4 aromatic rings. The Morgan fingerprint density at radius 2 is 1.90 bits per heavy atom. The number of nitrogens with one attached hydrogen (secondary N) is 1. The summed E-state index contributed by atoms with van der Waals surface area (Å²) < 4.78 is 6.67. The fourth-order valence-corrected chi connectivity index (χ4v) is 3.70. The zero-order valence-corrected chi connectivity index (χ0v) is 18.9. The summed E-state index contributed by atoms with van der Waals surface area (Å²) in [5.74, 6) is 1.47. The molecule has 7 heteroatoms. The largest absolute Gasteiger partial charge is 0.491 e. The van der Waals surface area contributed by atoms with Gasteiger partial charge in [-0.15, -0.1) is 0 Å². The first-order valence-corrected chi connectivity index (χ1v) is 11.0. The minimum Gasteiger partial charge on any atom is -0.491 e. The van der Waals surface area contributed by atoms with Gasteiger partial charge >= 0.3 is 0 Å². The lowest BCUT2D eigenvalue weighted by atomic mass is 10.1. The molecule has 0 saturated heterocycles. The zero-order chi connectivity index (χ0) is 21.6. The smallest absolute Gasteiger partial charge is 0.157 e.